The Balaban J connectivity index is 1.77. The van der Waals surface area contributed by atoms with Crippen LogP contribution in [0.25, 0.3) is 21.7 Å². The SMILES string of the molecule is CN(C)CCOc1ccc2c(ccc3onc(C4CCC(=O)NC4=O)c32)c1F. The van der Waals surface area contributed by atoms with Crippen LogP contribution < -0.4 is 10.1 Å². The Kier molecular flexibility index (Phi) is 4.72. The number of piperidine rings is 1. The number of benzene rings is 2. The van der Waals surface area contributed by atoms with Crippen LogP contribution in [0.15, 0.2) is 28.8 Å². The van der Waals surface area contributed by atoms with Crippen molar-refractivity contribution in [3.63, 3.8) is 0 Å². The van der Waals surface area contributed by atoms with Crippen molar-refractivity contribution in [2.75, 3.05) is 27.2 Å². The molecular weight excluding hydrogens is 365 g/mol. The van der Waals surface area contributed by atoms with E-state index in [2.05, 4.69) is 10.5 Å². The molecule has 1 N–H and O–H groups in total. The molecule has 2 amide bonds. The molecule has 3 aromatic rings. The van der Waals surface area contributed by atoms with Crippen LogP contribution in [0.5, 0.6) is 5.75 Å². The molecule has 1 fully saturated rings. The van der Waals surface area contributed by atoms with Crippen molar-refractivity contribution in [2.24, 2.45) is 0 Å². The molecule has 1 aliphatic rings. The standard InChI is InChI=1S/C20H20FN3O4/c1-24(2)9-10-27-15-7-3-11-12(18(15)21)4-6-14-17(11)19(23-28-14)13-5-8-16(25)22-20(13)26/h3-4,6-7,13H,5,8-10H2,1-2H3,(H,22,25,26). The van der Waals surface area contributed by atoms with Crippen LogP contribution in [0, 0.1) is 5.82 Å². The van der Waals surface area contributed by atoms with E-state index in [1.165, 1.54) is 0 Å². The van der Waals surface area contributed by atoms with Gasteiger partial charge in [0.15, 0.2) is 17.1 Å². The van der Waals surface area contributed by atoms with Crippen molar-refractivity contribution in [3.05, 3.63) is 35.8 Å². The van der Waals surface area contributed by atoms with Gasteiger partial charge in [-0.3, -0.25) is 14.9 Å². The Morgan fingerprint density at radius 1 is 1.25 bits per heavy atom. The topological polar surface area (TPSA) is 84.7 Å². The summed E-state index contributed by atoms with van der Waals surface area (Å²) < 4.78 is 26.0. The minimum atomic E-state index is -0.608. The summed E-state index contributed by atoms with van der Waals surface area (Å²) in [5.74, 6) is -1.61. The molecule has 7 nitrogen and oxygen atoms in total. The lowest BCUT2D eigenvalue weighted by atomic mass is 9.91. The summed E-state index contributed by atoms with van der Waals surface area (Å²) in [5, 5.41) is 7.93. The maximum Gasteiger partial charge on any atom is 0.235 e. The van der Waals surface area contributed by atoms with E-state index in [0.717, 1.165) is 0 Å². The number of nitrogens with zero attached hydrogens (tertiary/aromatic N) is 2. The zero-order valence-corrected chi connectivity index (χ0v) is 15.6. The number of carbonyl (C=O) groups is 2. The molecule has 1 unspecified atom stereocenters. The quantitative estimate of drug-likeness (QED) is 0.680. The third-order valence-corrected chi connectivity index (χ3v) is 4.93. The number of likely N-dealkylation sites (N-methyl/N-ethyl adjacent to an activating group) is 1. The zero-order valence-electron chi connectivity index (χ0n) is 15.6. The van der Waals surface area contributed by atoms with E-state index in [-0.39, 0.29) is 18.1 Å². The van der Waals surface area contributed by atoms with Crippen LogP contribution in [0.2, 0.25) is 0 Å². The van der Waals surface area contributed by atoms with E-state index in [9.17, 15) is 9.59 Å². The van der Waals surface area contributed by atoms with Crippen molar-refractivity contribution in [1.29, 1.82) is 0 Å². The van der Waals surface area contributed by atoms with Gasteiger partial charge in [-0.05, 0) is 50.2 Å². The van der Waals surface area contributed by atoms with Crippen molar-refractivity contribution in [2.45, 2.75) is 18.8 Å². The number of hydrogen-bond acceptors (Lipinski definition) is 6. The highest BCUT2D eigenvalue weighted by atomic mass is 19.1. The number of fused-ring (bicyclic) bond motifs is 3. The van der Waals surface area contributed by atoms with Gasteiger partial charge in [-0.25, -0.2) is 4.39 Å². The molecule has 28 heavy (non-hydrogen) atoms. The molecule has 0 saturated carbocycles. The summed E-state index contributed by atoms with van der Waals surface area (Å²) in [6, 6.07) is 6.57. The number of hydrogen-bond donors (Lipinski definition) is 1. The van der Waals surface area contributed by atoms with Gasteiger partial charge in [0.05, 0.1) is 11.3 Å². The Labute approximate surface area is 160 Å². The summed E-state index contributed by atoms with van der Waals surface area (Å²) >= 11 is 0. The smallest absolute Gasteiger partial charge is 0.235 e. The molecule has 146 valence electrons. The van der Waals surface area contributed by atoms with Crippen LogP contribution in [0.1, 0.15) is 24.5 Å². The second-order valence-electron chi connectivity index (χ2n) is 7.13. The molecule has 2 aromatic carbocycles. The van der Waals surface area contributed by atoms with Gasteiger partial charge in [0, 0.05) is 18.4 Å². The first-order valence-corrected chi connectivity index (χ1v) is 9.07. The fourth-order valence-corrected chi connectivity index (χ4v) is 3.46. The largest absolute Gasteiger partial charge is 0.489 e. The predicted octanol–water partition coefficient (Wildman–Crippen LogP) is 2.58. The lowest BCUT2D eigenvalue weighted by molar-refractivity contribution is -0.134. The molecule has 1 aromatic heterocycles. The van der Waals surface area contributed by atoms with Gasteiger partial charge in [0.2, 0.25) is 11.8 Å². The molecule has 1 atom stereocenters. The van der Waals surface area contributed by atoms with Crippen molar-refractivity contribution >= 4 is 33.6 Å². The monoisotopic (exact) mass is 385 g/mol. The van der Waals surface area contributed by atoms with Gasteiger partial charge >= 0.3 is 0 Å². The van der Waals surface area contributed by atoms with E-state index in [0.29, 0.717) is 47.0 Å². The summed E-state index contributed by atoms with van der Waals surface area (Å²) in [5.41, 5.74) is 0.888. The van der Waals surface area contributed by atoms with Gasteiger partial charge in [0.1, 0.15) is 12.3 Å². The summed E-state index contributed by atoms with van der Waals surface area (Å²) in [7, 11) is 3.83. The molecular formula is C20H20FN3O4. The highest BCUT2D eigenvalue weighted by Crippen LogP contribution is 2.37. The molecule has 4 rings (SSSR count). The average Bonchev–Trinajstić information content (AvgIpc) is 3.07. The van der Waals surface area contributed by atoms with Gasteiger partial charge < -0.3 is 14.2 Å². The number of aromatic nitrogens is 1. The van der Waals surface area contributed by atoms with Crippen LogP contribution in [-0.4, -0.2) is 49.1 Å². The molecule has 0 aliphatic carbocycles. The molecule has 1 aliphatic heterocycles. The lowest BCUT2D eigenvalue weighted by Crippen LogP contribution is -2.39. The summed E-state index contributed by atoms with van der Waals surface area (Å²) in [6.45, 7) is 1.04. The molecule has 0 spiro atoms. The van der Waals surface area contributed by atoms with E-state index >= 15 is 4.39 Å². The molecule has 0 radical (unpaired) electrons. The van der Waals surface area contributed by atoms with E-state index in [1.54, 1.807) is 24.3 Å². The van der Waals surface area contributed by atoms with Crippen molar-refractivity contribution in [1.82, 2.24) is 15.4 Å². The highest BCUT2D eigenvalue weighted by molar-refractivity contribution is 6.10. The first kappa shape index (κ1) is 18.4. The van der Waals surface area contributed by atoms with E-state index in [1.807, 2.05) is 19.0 Å². The van der Waals surface area contributed by atoms with Gasteiger partial charge in [-0.1, -0.05) is 5.16 Å². The predicted molar refractivity (Wildman–Crippen MR) is 101 cm³/mol. The number of halogens is 1. The molecule has 1 saturated heterocycles. The fraction of sp³-hybridized carbons (Fsp3) is 0.350. The lowest BCUT2D eigenvalue weighted by Gasteiger charge is -2.19. The second-order valence-corrected chi connectivity index (χ2v) is 7.13. The minimum absolute atomic E-state index is 0.174. The Bertz CT molecular complexity index is 1080. The van der Waals surface area contributed by atoms with Crippen molar-refractivity contribution < 1.29 is 23.2 Å². The number of ether oxygens (including phenoxy) is 1. The number of imide groups is 1. The first-order chi connectivity index (χ1) is 13.5. The van der Waals surface area contributed by atoms with Crippen LogP contribution in [-0.2, 0) is 9.59 Å². The van der Waals surface area contributed by atoms with Gasteiger partial charge in [-0.2, -0.15) is 0 Å². The third-order valence-electron chi connectivity index (χ3n) is 4.93. The number of nitrogens with one attached hydrogen (secondary N) is 1. The number of amides is 2. The summed E-state index contributed by atoms with van der Waals surface area (Å²) in [6.07, 6.45) is 0.574. The first-order valence-electron chi connectivity index (χ1n) is 9.07. The maximum absolute atomic E-state index is 15.0. The van der Waals surface area contributed by atoms with Crippen LogP contribution in [0.3, 0.4) is 0 Å². The molecule has 8 heteroatoms. The Hall–Kier alpha value is -3.00. The Morgan fingerprint density at radius 3 is 2.79 bits per heavy atom. The van der Waals surface area contributed by atoms with Gasteiger partial charge in [-0.15, -0.1) is 0 Å². The van der Waals surface area contributed by atoms with Gasteiger partial charge in [0.25, 0.3) is 0 Å². The normalized spacial score (nSPS) is 17.5. The second kappa shape index (κ2) is 7.20. The van der Waals surface area contributed by atoms with Crippen LogP contribution in [0.4, 0.5) is 4.39 Å². The minimum Gasteiger partial charge on any atom is -0.489 e. The van der Waals surface area contributed by atoms with Crippen LogP contribution >= 0.6 is 0 Å². The van der Waals surface area contributed by atoms with E-state index < -0.39 is 17.6 Å². The maximum atomic E-state index is 15.0. The molecule has 2 heterocycles. The summed E-state index contributed by atoms with van der Waals surface area (Å²) in [4.78, 5) is 25.6. The molecule has 0 bridgehead atoms. The third kappa shape index (κ3) is 3.20. The highest BCUT2D eigenvalue weighted by Gasteiger charge is 2.32. The average molecular weight is 385 g/mol. The Morgan fingerprint density at radius 2 is 2.04 bits per heavy atom. The zero-order chi connectivity index (χ0) is 19.8. The number of rotatable bonds is 5. The number of carbonyl (C=O) groups excluding carboxylic acids is 2. The van der Waals surface area contributed by atoms with Crippen molar-refractivity contribution in [3.8, 4) is 5.75 Å². The van der Waals surface area contributed by atoms with E-state index in [4.69, 9.17) is 9.26 Å². The fourth-order valence-electron chi connectivity index (χ4n) is 3.46.